The average Bonchev–Trinajstić information content (AvgIpc) is 3.02. The highest BCUT2D eigenvalue weighted by Crippen LogP contribution is 2.20. The van der Waals surface area contributed by atoms with Gasteiger partial charge in [0.05, 0.1) is 19.0 Å². The van der Waals surface area contributed by atoms with Crippen LogP contribution in [0.1, 0.15) is 31.4 Å². The predicted octanol–water partition coefficient (Wildman–Crippen LogP) is 2.12. The minimum atomic E-state index is -0.442. The van der Waals surface area contributed by atoms with Gasteiger partial charge in [-0.25, -0.2) is 4.98 Å². The van der Waals surface area contributed by atoms with Crippen LogP contribution < -0.4 is 5.32 Å². The summed E-state index contributed by atoms with van der Waals surface area (Å²) in [6, 6.07) is 6.08. The van der Waals surface area contributed by atoms with Gasteiger partial charge in [-0.1, -0.05) is 25.5 Å². The van der Waals surface area contributed by atoms with Crippen LogP contribution in [0.4, 0.5) is 0 Å². The molecule has 2 rings (SSSR count). The van der Waals surface area contributed by atoms with Gasteiger partial charge in [-0.2, -0.15) is 0 Å². The molecule has 0 aliphatic rings. The fraction of sp³-hybridized carbons (Fsp3) is 0.500. The summed E-state index contributed by atoms with van der Waals surface area (Å²) < 4.78 is 1.87. The van der Waals surface area contributed by atoms with E-state index in [0.717, 1.165) is 24.8 Å². The first kappa shape index (κ1) is 17.5. The lowest BCUT2D eigenvalue weighted by Gasteiger charge is -2.18. The van der Waals surface area contributed by atoms with Crippen LogP contribution in [-0.4, -0.2) is 38.5 Å². The van der Waals surface area contributed by atoms with Crippen LogP contribution in [-0.2, 0) is 19.4 Å². The quantitative estimate of drug-likeness (QED) is 0.662. The molecule has 0 spiro atoms. The third-order valence-corrected chi connectivity index (χ3v) is 3.89. The van der Waals surface area contributed by atoms with Crippen molar-refractivity contribution in [3.05, 3.63) is 48.0 Å². The van der Waals surface area contributed by atoms with Crippen LogP contribution in [0.3, 0.4) is 0 Å². The lowest BCUT2D eigenvalue weighted by molar-refractivity contribution is 0.148. The minimum absolute atomic E-state index is 0.256. The fourth-order valence-electron chi connectivity index (χ4n) is 2.70. The summed E-state index contributed by atoms with van der Waals surface area (Å²) in [5, 5.41) is 23.2. The van der Waals surface area contributed by atoms with E-state index in [1.807, 2.05) is 16.8 Å². The fourth-order valence-corrected chi connectivity index (χ4v) is 2.70. The molecule has 3 N–H and O–H groups in total. The van der Waals surface area contributed by atoms with E-state index in [4.69, 9.17) is 0 Å². The lowest BCUT2D eigenvalue weighted by atomic mass is 10.0. The number of phenols is 1. The highest BCUT2D eigenvalue weighted by Gasteiger charge is 2.10. The van der Waals surface area contributed by atoms with Gasteiger partial charge < -0.3 is 20.1 Å². The number of benzene rings is 1. The van der Waals surface area contributed by atoms with Crippen molar-refractivity contribution < 1.29 is 10.2 Å². The maximum atomic E-state index is 10.0. The highest BCUT2D eigenvalue weighted by atomic mass is 16.3. The number of hydrogen-bond donors (Lipinski definition) is 3. The Hall–Kier alpha value is -1.85. The molecule has 1 heterocycles. The lowest BCUT2D eigenvalue weighted by Crippen LogP contribution is -2.36. The van der Waals surface area contributed by atoms with Gasteiger partial charge in [0.25, 0.3) is 0 Å². The summed E-state index contributed by atoms with van der Waals surface area (Å²) in [5.41, 5.74) is 2.22. The number of nitrogens with zero attached hydrogens (tertiary/aromatic N) is 2. The van der Waals surface area contributed by atoms with Gasteiger partial charge >= 0.3 is 0 Å². The molecular formula is C18H27N3O2. The maximum absolute atomic E-state index is 10.0. The topological polar surface area (TPSA) is 70.3 Å². The van der Waals surface area contributed by atoms with Crippen molar-refractivity contribution in [2.75, 3.05) is 6.54 Å². The molecule has 5 heteroatoms. The Balaban J connectivity index is 1.80. The second kappa shape index (κ2) is 8.70. The standard InChI is InChI=1S/C18H27N3O2/c1-3-4-16-10-15(5-6-18(16)23)9-14(2)20-11-17(22)12-21-8-7-19-13-21/h5-8,10,13-14,17,20,22-23H,3-4,9,11-12H2,1-2H3. The van der Waals surface area contributed by atoms with Crippen molar-refractivity contribution in [2.45, 2.75) is 51.8 Å². The number of aromatic hydroxyl groups is 1. The number of phenolic OH excluding ortho intramolecular Hbond substituents is 1. The number of imidazole rings is 1. The van der Waals surface area contributed by atoms with E-state index in [2.05, 4.69) is 30.2 Å². The first-order chi connectivity index (χ1) is 11.1. The van der Waals surface area contributed by atoms with Crippen molar-refractivity contribution in [1.82, 2.24) is 14.9 Å². The van der Waals surface area contributed by atoms with Crippen molar-refractivity contribution in [2.24, 2.45) is 0 Å². The summed E-state index contributed by atoms with van der Waals surface area (Å²) in [4.78, 5) is 3.97. The van der Waals surface area contributed by atoms with E-state index in [-0.39, 0.29) is 6.04 Å². The van der Waals surface area contributed by atoms with Crippen LogP contribution in [0.15, 0.2) is 36.9 Å². The van der Waals surface area contributed by atoms with Crippen LogP contribution in [0.25, 0.3) is 0 Å². The molecule has 0 aliphatic heterocycles. The summed E-state index contributed by atoms with van der Waals surface area (Å²) in [6.45, 7) is 5.30. The van der Waals surface area contributed by atoms with Gasteiger partial charge in [-0.3, -0.25) is 0 Å². The van der Waals surface area contributed by atoms with E-state index in [0.29, 0.717) is 18.8 Å². The van der Waals surface area contributed by atoms with Gasteiger partial charge in [-0.05, 0) is 37.0 Å². The zero-order valence-electron chi connectivity index (χ0n) is 13.9. The van der Waals surface area contributed by atoms with E-state index in [1.54, 1.807) is 18.6 Å². The van der Waals surface area contributed by atoms with Crippen LogP contribution in [0.5, 0.6) is 5.75 Å². The Morgan fingerprint density at radius 1 is 1.35 bits per heavy atom. The molecule has 2 atom stereocenters. The average molecular weight is 317 g/mol. The van der Waals surface area contributed by atoms with Crippen LogP contribution >= 0.6 is 0 Å². The molecule has 0 radical (unpaired) electrons. The number of rotatable bonds is 9. The van der Waals surface area contributed by atoms with Gasteiger partial charge in [0.2, 0.25) is 0 Å². The van der Waals surface area contributed by atoms with E-state index < -0.39 is 6.10 Å². The summed E-state index contributed by atoms with van der Waals surface area (Å²) in [7, 11) is 0. The largest absolute Gasteiger partial charge is 0.508 e. The molecule has 0 amide bonds. The normalized spacial score (nSPS) is 13.9. The maximum Gasteiger partial charge on any atom is 0.118 e. The summed E-state index contributed by atoms with van der Waals surface area (Å²) >= 11 is 0. The van der Waals surface area contributed by atoms with Crippen molar-refractivity contribution in [3.8, 4) is 5.75 Å². The SMILES string of the molecule is CCCc1cc(CC(C)NCC(O)Cn2ccnc2)ccc1O. The van der Waals surface area contributed by atoms with Gasteiger partial charge in [-0.15, -0.1) is 0 Å². The first-order valence-electron chi connectivity index (χ1n) is 8.26. The molecule has 23 heavy (non-hydrogen) atoms. The molecule has 126 valence electrons. The number of hydrogen-bond acceptors (Lipinski definition) is 4. The Kier molecular flexibility index (Phi) is 6.62. The smallest absolute Gasteiger partial charge is 0.118 e. The third-order valence-electron chi connectivity index (χ3n) is 3.89. The number of aliphatic hydroxyl groups excluding tert-OH is 1. The zero-order chi connectivity index (χ0) is 16.7. The molecule has 0 saturated heterocycles. The van der Waals surface area contributed by atoms with E-state index >= 15 is 0 Å². The van der Waals surface area contributed by atoms with E-state index in [1.165, 1.54) is 5.56 Å². The van der Waals surface area contributed by atoms with Gasteiger partial charge in [0.1, 0.15) is 5.75 Å². The minimum Gasteiger partial charge on any atom is -0.508 e. The molecule has 0 bridgehead atoms. The Labute approximate surface area is 138 Å². The van der Waals surface area contributed by atoms with Crippen LogP contribution in [0, 0.1) is 0 Å². The zero-order valence-corrected chi connectivity index (χ0v) is 13.9. The predicted molar refractivity (Wildman–Crippen MR) is 91.5 cm³/mol. The van der Waals surface area contributed by atoms with Crippen LogP contribution in [0.2, 0.25) is 0 Å². The third kappa shape index (κ3) is 5.69. The number of nitrogens with one attached hydrogen (secondary N) is 1. The highest BCUT2D eigenvalue weighted by molar-refractivity contribution is 5.36. The molecule has 0 saturated carbocycles. The van der Waals surface area contributed by atoms with E-state index in [9.17, 15) is 10.2 Å². The molecule has 0 aliphatic carbocycles. The van der Waals surface area contributed by atoms with Crippen molar-refractivity contribution >= 4 is 0 Å². The Morgan fingerprint density at radius 2 is 2.17 bits per heavy atom. The van der Waals surface area contributed by atoms with Gasteiger partial charge in [0.15, 0.2) is 0 Å². The molecule has 0 fully saturated rings. The Bertz CT molecular complexity index is 584. The molecule has 2 unspecified atom stereocenters. The molecular weight excluding hydrogens is 290 g/mol. The number of aromatic nitrogens is 2. The number of aliphatic hydroxyl groups is 1. The molecule has 2 aromatic rings. The summed E-state index contributed by atoms with van der Waals surface area (Å²) in [5.74, 6) is 0.381. The van der Waals surface area contributed by atoms with Gasteiger partial charge in [0, 0.05) is 25.0 Å². The monoisotopic (exact) mass is 317 g/mol. The second-order valence-corrected chi connectivity index (χ2v) is 6.14. The number of aryl methyl sites for hydroxylation is 1. The summed E-state index contributed by atoms with van der Waals surface area (Å²) in [6.07, 6.45) is 7.60. The molecule has 1 aromatic heterocycles. The molecule has 5 nitrogen and oxygen atoms in total. The first-order valence-corrected chi connectivity index (χ1v) is 8.26. The van der Waals surface area contributed by atoms with Crippen molar-refractivity contribution in [1.29, 1.82) is 0 Å². The Morgan fingerprint density at radius 3 is 2.87 bits per heavy atom. The second-order valence-electron chi connectivity index (χ2n) is 6.14. The molecule has 1 aromatic carbocycles. The van der Waals surface area contributed by atoms with Crippen molar-refractivity contribution in [3.63, 3.8) is 0 Å².